The average Bonchev–Trinajstić information content (AvgIpc) is 3.10. The third-order valence-electron chi connectivity index (χ3n) is 4.42. The molecule has 0 spiro atoms. The summed E-state index contributed by atoms with van der Waals surface area (Å²) in [6.45, 7) is 5.52. The van der Waals surface area contributed by atoms with E-state index in [0.717, 1.165) is 73.0 Å². The molecule has 26 heavy (non-hydrogen) atoms. The molecule has 3 heterocycles. The Bertz CT molecular complexity index is 860. The fourth-order valence-electron chi connectivity index (χ4n) is 3.02. The maximum atomic E-state index is 5.86. The molecule has 1 aliphatic rings. The number of fused-ring (bicyclic) bond motifs is 1. The Hall–Kier alpha value is -1.96. The number of benzene rings is 1. The van der Waals surface area contributed by atoms with Crippen LogP contribution >= 0.6 is 15.9 Å². The Morgan fingerprint density at radius 3 is 2.81 bits per heavy atom. The highest BCUT2D eigenvalue weighted by molar-refractivity contribution is 9.10. The van der Waals surface area contributed by atoms with Gasteiger partial charge in [-0.25, -0.2) is 9.97 Å². The van der Waals surface area contributed by atoms with E-state index in [1.54, 1.807) is 6.20 Å². The standard InChI is InChI=1S/C19H21BrN4O2/c20-15-12-17-19(21-13-15)23-18(22-17)14-2-4-16(5-3-14)26-9-1-6-24-7-10-25-11-8-24/h2-5,12-13H,1,6-11H2,(H,21,22,23). The second-order valence-corrected chi connectivity index (χ2v) is 7.21. The van der Waals surface area contributed by atoms with Crippen molar-refractivity contribution >= 4 is 27.1 Å². The van der Waals surface area contributed by atoms with E-state index in [0.29, 0.717) is 5.65 Å². The van der Waals surface area contributed by atoms with Crippen molar-refractivity contribution in [1.82, 2.24) is 19.9 Å². The molecule has 2 aromatic heterocycles. The van der Waals surface area contributed by atoms with Crippen LogP contribution in [-0.2, 0) is 4.74 Å². The van der Waals surface area contributed by atoms with Crippen molar-refractivity contribution in [2.75, 3.05) is 39.5 Å². The van der Waals surface area contributed by atoms with Gasteiger partial charge in [-0.15, -0.1) is 0 Å². The molecule has 4 rings (SSSR count). The summed E-state index contributed by atoms with van der Waals surface area (Å²) in [7, 11) is 0. The number of halogens is 1. The Morgan fingerprint density at radius 1 is 1.19 bits per heavy atom. The van der Waals surface area contributed by atoms with Crippen LogP contribution in [-0.4, -0.2) is 59.3 Å². The van der Waals surface area contributed by atoms with Crippen molar-refractivity contribution < 1.29 is 9.47 Å². The predicted octanol–water partition coefficient (Wildman–Crippen LogP) is 3.49. The van der Waals surface area contributed by atoms with Crippen molar-refractivity contribution in [3.8, 4) is 17.1 Å². The molecule has 136 valence electrons. The molecule has 1 aromatic carbocycles. The largest absolute Gasteiger partial charge is 0.494 e. The van der Waals surface area contributed by atoms with Gasteiger partial charge in [0.15, 0.2) is 5.65 Å². The van der Waals surface area contributed by atoms with Gasteiger partial charge in [0, 0.05) is 35.9 Å². The second-order valence-electron chi connectivity index (χ2n) is 6.29. The number of hydrogen-bond donors (Lipinski definition) is 1. The average molecular weight is 417 g/mol. The minimum atomic E-state index is 0.714. The van der Waals surface area contributed by atoms with Crippen molar-refractivity contribution in [3.05, 3.63) is 41.0 Å². The van der Waals surface area contributed by atoms with Crippen molar-refractivity contribution in [1.29, 1.82) is 0 Å². The quantitative estimate of drug-likeness (QED) is 0.623. The van der Waals surface area contributed by atoms with Gasteiger partial charge in [0.05, 0.1) is 25.3 Å². The third kappa shape index (κ3) is 4.23. The first-order valence-electron chi connectivity index (χ1n) is 8.82. The first-order valence-corrected chi connectivity index (χ1v) is 9.62. The summed E-state index contributed by atoms with van der Waals surface area (Å²) < 4.78 is 12.1. The van der Waals surface area contributed by atoms with E-state index in [-0.39, 0.29) is 0 Å². The van der Waals surface area contributed by atoms with Crippen molar-refractivity contribution in [3.63, 3.8) is 0 Å². The van der Waals surface area contributed by atoms with Crippen LogP contribution in [0.15, 0.2) is 41.0 Å². The van der Waals surface area contributed by atoms with E-state index in [1.165, 1.54) is 0 Å². The van der Waals surface area contributed by atoms with E-state index < -0.39 is 0 Å². The molecule has 0 unspecified atom stereocenters. The van der Waals surface area contributed by atoms with E-state index in [2.05, 4.69) is 35.8 Å². The van der Waals surface area contributed by atoms with Crippen molar-refractivity contribution in [2.24, 2.45) is 0 Å². The predicted molar refractivity (Wildman–Crippen MR) is 104 cm³/mol. The SMILES string of the molecule is Brc1cnc2nc(-c3ccc(OCCCN4CCOCC4)cc3)[nH]c2c1. The molecule has 1 saturated heterocycles. The van der Waals surface area contributed by atoms with Gasteiger partial charge >= 0.3 is 0 Å². The summed E-state index contributed by atoms with van der Waals surface area (Å²) in [6.07, 6.45) is 2.77. The number of morpholine rings is 1. The zero-order valence-corrected chi connectivity index (χ0v) is 16.0. The Kier molecular flexibility index (Phi) is 5.48. The van der Waals surface area contributed by atoms with Crippen LogP contribution in [0.25, 0.3) is 22.6 Å². The monoisotopic (exact) mass is 416 g/mol. The van der Waals surface area contributed by atoms with Gasteiger partial charge in [-0.2, -0.15) is 0 Å². The summed E-state index contributed by atoms with van der Waals surface area (Å²) in [5.74, 6) is 1.69. The molecule has 1 fully saturated rings. The van der Waals surface area contributed by atoms with E-state index in [1.807, 2.05) is 30.3 Å². The molecule has 0 atom stereocenters. The Morgan fingerprint density at radius 2 is 2.00 bits per heavy atom. The summed E-state index contributed by atoms with van der Waals surface area (Å²) in [5, 5.41) is 0. The van der Waals surface area contributed by atoms with E-state index >= 15 is 0 Å². The number of pyridine rings is 1. The number of nitrogens with zero attached hydrogens (tertiary/aromatic N) is 3. The van der Waals surface area contributed by atoms with Crippen LogP contribution in [0.1, 0.15) is 6.42 Å². The number of nitrogens with one attached hydrogen (secondary N) is 1. The fourth-order valence-corrected chi connectivity index (χ4v) is 3.35. The highest BCUT2D eigenvalue weighted by Crippen LogP contribution is 2.23. The first-order chi connectivity index (χ1) is 12.8. The molecule has 0 bridgehead atoms. The first kappa shape index (κ1) is 17.5. The zero-order chi connectivity index (χ0) is 17.8. The molecule has 0 amide bonds. The summed E-state index contributed by atoms with van der Waals surface area (Å²) in [4.78, 5) is 14.6. The lowest BCUT2D eigenvalue weighted by Gasteiger charge is -2.26. The molecule has 0 aliphatic carbocycles. The Labute approximate surface area is 160 Å². The minimum absolute atomic E-state index is 0.714. The molecule has 7 heteroatoms. The molecular formula is C19H21BrN4O2. The lowest BCUT2D eigenvalue weighted by molar-refractivity contribution is 0.0358. The summed E-state index contributed by atoms with van der Waals surface area (Å²) in [6, 6.07) is 9.99. The highest BCUT2D eigenvalue weighted by Gasteiger charge is 2.10. The van der Waals surface area contributed by atoms with Gasteiger partial charge < -0.3 is 14.5 Å². The molecule has 0 saturated carbocycles. The topological polar surface area (TPSA) is 63.3 Å². The lowest BCUT2D eigenvalue weighted by atomic mass is 10.2. The second kappa shape index (κ2) is 8.16. The molecule has 3 aromatic rings. The molecule has 0 radical (unpaired) electrons. The van der Waals surface area contributed by atoms with Gasteiger partial charge in [0.25, 0.3) is 0 Å². The molecular weight excluding hydrogens is 396 g/mol. The van der Waals surface area contributed by atoms with Crippen LogP contribution in [0, 0.1) is 0 Å². The molecule has 1 aliphatic heterocycles. The van der Waals surface area contributed by atoms with E-state index in [9.17, 15) is 0 Å². The Balaban J connectivity index is 1.32. The zero-order valence-electron chi connectivity index (χ0n) is 14.4. The summed E-state index contributed by atoms with van der Waals surface area (Å²) >= 11 is 3.43. The minimum Gasteiger partial charge on any atom is -0.494 e. The number of imidazole rings is 1. The van der Waals surface area contributed by atoms with Crippen LogP contribution < -0.4 is 4.74 Å². The lowest BCUT2D eigenvalue weighted by Crippen LogP contribution is -2.37. The maximum Gasteiger partial charge on any atom is 0.178 e. The normalized spacial score (nSPS) is 15.4. The smallest absolute Gasteiger partial charge is 0.178 e. The molecule has 1 N–H and O–H groups in total. The van der Waals surface area contributed by atoms with Gasteiger partial charge in [-0.05, 0) is 52.7 Å². The summed E-state index contributed by atoms with van der Waals surface area (Å²) in [5.41, 5.74) is 2.64. The van der Waals surface area contributed by atoms with Crippen LogP contribution in [0.4, 0.5) is 0 Å². The van der Waals surface area contributed by atoms with Gasteiger partial charge in [-0.3, -0.25) is 4.90 Å². The molecule has 6 nitrogen and oxygen atoms in total. The fraction of sp³-hybridized carbons (Fsp3) is 0.368. The number of rotatable bonds is 6. The van der Waals surface area contributed by atoms with Crippen LogP contribution in [0.5, 0.6) is 5.75 Å². The van der Waals surface area contributed by atoms with E-state index in [4.69, 9.17) is 9.47 Å². The highest BCUT2D eigenvalue weighted by atomic mass is 79.9. The maximum absolute atomic E-state index is 5.86. The number of aromatic nitrogens is 3. The van der Waals surface area contributed by atoms with Crippen LogP contribution in [0.3, 0.4) is 0 Å². The van der Waals surface area contributed by atoms with Gasteiger partial charge in [0.2, 0.25) is 0 Å². The van der Waals surface area contributed by atoms with Crippen molar-refractivity contribution in [2.45, 2.75) is 6.42 Å². The number of aromatic amines is 1. The number of hydrogen-bond acceptors (Lipinski definition) is 5. The van der Waals surface area contributed by atoms with Gasteiger partial charge in [0.1, 0.15) is 11.6 Å². The third-order valence-corrected chi connectivity index (χ3v) is 4.86. The number of ether oxygens (including phenoxy) is 2. The number of H-pyrrole nitrogens is 1. The van der Waals surface area contributed by atoms with Crippen LogP contribution in [0.2, 0.25) is 0 Å². The van der Waals surface area contributed by atoms with Gasteiger partial charge in [-0.1, -0.05) is 0 Å².